The highest BCUT2D eigenvalue weighted by Crippen LogP contribution is 2.42. The predicted molar refractivity (Wildman–Crippen MR) is 83.6 cm³/mol. The number of hydrogen-bond acceptors (Lipinski definition) is 3. The summed E-state index contributed by atoms with van der Waals surface area (Å²) in [5.74, 6) is 1.90. The third kappa shape index (κ3) is 2.26. The molecule has 4 heteroatoms. The van der Waals surface area contributed by atoms with Crippen molar-refractivity contribution in [3.05, 3.63) is 29.8 Å². The molecular weight excluding hydrogens is 268 g/mol. The van der Waals surface area contributed by atoms with Crippen molar-refractivity contribution in [2.24, 2.45) is 0 Å². The lowest BCUT2D eigenvalue weighted by atomic mass is 9.94. The maximum Gasteiger partial charge on any atom is 0.0768 e. The zero-order valence-electron chi connectivity index (χ0n) is 11.6. The molecule has 1 saturated heterocycles. The van der Waals surface area contributed by atoms with Crippen molar-refractivity contribution in [1.29, 1.82) is 0 Å². The molecular formula is C16H20N2OS. The second-order valence-corrected chi connectivity index (χ2v) is 6.77. The van der Waals surface area contributed by atoms with Gasteiger partial charge in [-0.25, -0.2) is 0 Å². The summed E-state index contributed by atoms with van der Waals surface area (Å²) in [6.07, 6.45) is 1.29. The van der Waals surface area contributed by atoms with E-state index in [9.17, 15) is 0 Å². The van der Waals surface area contributed by atoms with Gasteiger partial charge in [-0.15, -0.1) is 11.8 Å². The van der Waals surface area contributed by atoms with Gasteiger partial charge in [0.15, 0.2) is 0 Å². The highest BCUT2D eigenvalue weighted by molar-refractivity contribution is 7.99. The molecule has 3 heterocycles. The van der Waals surface area contributed by atoms with Crippen molar-refractivity contribution >= 4 is 22.7 Å². The van der Waals surface area contributed by atoms with Crippen LogP contribution in [-0.4, -0.2) is 48.5 Å². The first-order valence-electron chi connectivity index (χ1n) is 7.45. The molecule has 1 atom stereocenters. The number of morpholine rings is 1. The van der Waals surface area contributed by atoms with Crippen LogP contribution in [0, 0.1) is 0 Å². The number of nitrogens with zero attached hydrogens (tertiary/aromatic N) is 1. The Hall–Kier alpha value is -0.970. The van der Waals surface area contributed by atoms with Gasteiger partial charge in [-0.1, -0.05) is 18.2 Å². The van der Waals surface area contributed by atoms with Gasteiger partial charge in [0.25, 0.3) is 0 Å². The van der Waals surface area contributed by atoms with Crippen molar-refractivity contribution in [3.63, 3.8) is 0 Å². The Morgan fingerprint density at radius 3 is 3.00 bits per heavy atom. The van der Waals surface area contributed by atoms with E-state index in [2.05, 4.69) is 34.1 Å². The van der Waals surface area contributed by atoms with Crippen LogP contribution in [0.25, 0.3) is 10.9 Å². The molecule has 2 aliphatic rings. The molecule has 1 N–H and O–H groups in total. The van der Waals surface area contributed by atoms with Crippen molar-refractivity contribution in [2.45, 2.75) is 17.4 Å². The minimum atomic E-state index is 0.667. The molecule has 1 unspecified atom stereocenters. The van der Waals surface area contributed by atoms with Crippen molar-refractivity contribution in [3.8, 4) is 0 Å². The number of H-pyrrole nitrogens is 1. The second kappa shape index (κ2) is 5.43. The molecule has 0 radical (unpaired) electrons. The van der Waals surface area contributed by atoms with Gasteiger partial charge in [0.1, 0.15) is 0 Å². The third-order valence-electron chi connectivity index (χ3n) is 4.41. The SMILES string of the molecule is c1ccc2c3c([nH]c2c1)SCCC3CN1CCOCC1. The molecule has 0 bridgehead atoms. The molecule has 1 aromatic carbocycles. The summed E-state index contributed by atoms with van der Waals surface area (Å²) in [5, 5.41) is 2.82. The van der Waals surface area contributed by atoms with Gasteiger partial charge in [0.05, 0.1) is 18.2 Å². The standard InChI is InChI=1S/C16H20N2OS/c1-2-4-14-13(3-1)15-12(5-10-20-16(15)17-14)11-18-6-8-19-9-7-18/h1-4,12,17H,5-11H2. The van der Waals surface area contributed by atoms with Crippen LogP contribution in [0.4, 0.5) is 0 Å². The van der Waals surface area contributed by atoms with Crippen LogP contribution in [-0.2, 0) is 4.74 Å². The van der Waals surface area contributed by atoms with E-state index in [-0.39, 0.29) is 0 Å². The van der Waals surface area contributed by atoms with E-state index in [0.29, 0.717) is 5.92 Å². The fourth-order valence-electron chi connectivity index (χ4n) is 3.38. The lowest BCUT2D eigenvalue weighted by molar-refractivity contribution is 0.0347. The van der Waals surface area contributed by atoms with Gasteiger partial charge in [-0.3, -0.25) is 4.90 Å². The molecule has 4 rings (SSSR count). The van der Waals surface area contributed by atoms with Gasteiger partial charge in [-0.05, 0) is 18.1 Å². The molecule has 2 aromatic rings. The van der Waals surface area contributed by atoms with Crippen LogP contribution >= 0.6 is 11.8 Å². The molecule has 0 saturated carbocycles. The first-order valence-corrected chi connectivity index (χ1v) is 8.44. The topological polar surface area (TPSA) is 28.3 Å². The first-order chi connectivity index (χ1) is 9.92. The highest BCUT2D eigenvalue weighted by Gasteiger charge is 2.27. The third-order valence-corrected chi connectivity index (χ3v) is 5.46. The Morgan fingerprint density at radius 2 is 2.10 bits per heavy atom. The number of hydrogen-bond donors (Lipinski definition) is 1. The van der Waals surface area contributed by atoms with E-state index >= 15 is 0 Å². The average Bonchev–Trinajstić information content (AvgIpc) is 2.88. The first kappa shape index (κ1) is 12.7. The Labute approximate surface area is 123 Å². The zero-order chi connectivity index (χ0) is 13.4. The van der Waals surface area contributed by atoms with Crippen LogP contribution in [0.2, 0.25) is 0 Å². The highest BCUT2D eigenvalue weighted by atomic mass is 32.2. The predicted octanol–water partition coefficient (Wildman–Crippen LogP) is 3.08. The van der Waals surface area contributed by atoms with Crippen LogP contribution in [0.5, 0.6) is 0 Å². The second-order valence-electron chi connectivity index (χ2n) is 5.66. The van der Waals surface area contributed by atoms with Gasteiger partial charge in [0.2, 0.25) is 0 Å². The summed E-state index contributed by atoms with van der Waals surface area (Å²) in [4.78, 5) is 6.17. The monoisotopic (exact) mass is 288 g/mol. The minimum Gasteiger partial charge on any atom is -0.379 e. The summed E-state index contributed by atoms with van der Waals surface area (Å²) < 4.78 is 5.46. The summed E-state index contributed by atoms with van der Waals surface area (Å²) in [7, 11) is 0. The Balaban J connectivity index is 1.66. The van der Waals surface area contributed by atoms with Gasteiger partial charge < -0.3 is 9.72 Å². The van der Waals surface area contributed by atoms with Crippen molar-refractivity contribution in [1.82, 2.24) is 9.88 Å². The van der Waals surface area contributed by atoms with E-state index in [0.717, 1.165) is 26.3 Å². The van der Waals surface area contributed by atoms with E-state index in [1.807, 2.05) is 11.8 Å². The van der Waals surface area contributed by atoms with Gasteiger partial charge >= 0.3 is 0 Å². The molecule has 3 nitrogen and oxygen atoms in total. The number of para-hydroxylation sites is 1. The number of fused-ring (bicyclic) bond motifs is 3. The van der Waals surface area contributed by atoms with Crippen LogP contribution in [0.1, 0.15) is 17.9 Å². The Morgan fingerprint density at radius 1 is 1.25 bits per heavy atom. The van der Waals surface area contributed by atoms with E-state index in [1.165, 1.54) is 34.6 Å². The fourth-order valence-corrected chi connectivity index (χ4v) is 4.60. The molecule has 1 aromatic heterocycles. The van der Waals surface area contributed by atoms with Crippen molar-refractivity contribution < 1.29 is 4.74 Å². The average molecular weight is 288 g/mol. The molecule has 20 heavy (non-hydrogen) atoms. The molecule has 2 aliphatic heterocycles. The molecule has 0 amide bonds. The molecule has 0 aliphatic carbocycles. The lowest BCUT2D eigenvalue weighted by Gasteiger charge is -2.32. The minimum absolute atomic E-state index is 0.667. The van der Waals surface area contributed by atoms with E-state index in [1.54, 1.807) is 5.56 Å². The van der Waals surface area contributed by atoms with Gasteiger partial charge in [0, 0.05) is 42.2 Å². The zero-order valence-corrected chi connectivity index (χ0v) is 12.4. The van der Waals surface area contributed by atoms with E-state index < -0.39 is 0 Å². The maximum absolute atomic E-state index is 5.46. The summed E-state index contributed by atoms with van der Waals surface area (Å²) in [6.45, 7) is 5.13. The van der Waals surface area contributed by atoms with Crippen LogP contribution in [0.15, 0.2) is 29.3 Å². The van der Waals surface area contributed by atoms with Crippen LogP contribution < -0.4 is 0 Å². The largest absolute Gasteiger partial charge is 0.379 e. The summed E-state index contributed by atoms with van der Waals surface area (Å²) in [6, 6.07) is 8.73. The van der Waals surface area contributed by atoms with Crippen LogP contribution in [0.3, 0.4) is 0 Å². The molecule has 106 valence electrons. The number of aromatic nitrogens is 1. The Kier molecular flexibility index (Phi) is 3.46. The van der Waals surface area contributed by atoms with E-state index in [4.69, 9.17) is 4.74 Å². The molecule has 1 fully saturated rings. The summed E-state index contributed by atoms with van der Waals surface area (Å²) in [5.41, 5.74) is 2.85. The number of ether oxygens (including phenoxy) is 1. The maximum atomic E-state index is 5.46. The smallest absolute Gasteiger partial charge is 0.0768 e. The molecule has 0 spiro atoms. The quantitative estimate of drug-likeness (QED) is 0.920. The van der Waals surface area contributed by atoms with Crippen molar-refractivity contribution in [2.75, 3.05) is 38.6 Å². The number of benzene rings is 1. The normalized spacial score (nSPS) is 23.9. The fraction of sp³-hybridized carbons (Fsp3) is 0.500. The Bertz CT molecular complexity index is 604. The lowest BCUT2D eigenvalue weighted by Crippen LogP contribution is -2.39. The summed E-state index contributed by atoms with van der Waals surface area (Å²) >= 11 is 1.98. The number of nitrogens with one attached hydrogen (secondary N) is 1. The number of rotatable bonds is 2. The number of aromatic amines is 1. The van der Waals surface area contributed by atoms with Gasteiger partial charge in [-0.2, -0.15) is 0 Å². The number of thioether (sulfide) groups is 1.